The van der Waals surface area contributed by atoms with Gasteiger partial charge >= 0.3 is 11.9 Å². The number of halogens is 4. The van der Waals surface area contributed by atoms with E-state index in [-0.39, 0.29) is 16.3 Å². The maximum absolute atomic E-state index is 12.0. The first-order valence-electron chi connectivity index (χ1n) is 4.20. The van der Waals surface area contributed by atoms with Gasteiger partial charge in [0.05, 0.1) is 11.2 Å². The molecule has 1 N–H and O–H groups in total. The van der Waals surface area contributed by atoms with Gasteiger partial charge in [-0.15, -0.1) is 13.2 Å². The van der Waals surface area contributed by atoms with E-state index >= 15 is 0 Å². The molecule has 1 heterocycles. The molecule has 0 saturated carbocycles. The Labute approximate surface area is 97.0 Å². The molecule has 17 heavy (non-hydrogen) atoms. The second-order valence-electron chi connectivity index (χ2n) is 2.97. The third-order valence-corrected chi connectivity index (χ3v) is 1.95. The largest absolute Gasteiger partial charge is 0.573 e. The van der Waals surface area contributed by atoms with Gasteiger partial charge in [-0.25, -0.2) is 4.98 Å². The summed E-state index contributed by atoms with van der Waals surface area (Å²) in [6.07, 6.45) is -4.80. The van der Waals surface area contributed by atoms with Crippen molar-refractivity contribution in [2.24, 2.45) is 0 Å². The first-order valence-corrected chi connectivity index (χ1v) is 4.57. The first kappa shape index (κ1) is 11.6. The molecule has 0 bridgehead atoms. The number of fused-ring (bicyclic) bond motifs is 1. The van der Waals surface area contributed by atoms with Crippen molar-refractivity contribution in [3.8, 4) is 5.75 Å². The Morgan fingerprint density at radius 1 is 1.35 bits per heavy atom. The smallest absolute Gasteiger partial charge is 0.406 e. The molecule has 0 radical (unpaired) electrons. The summed E-state index contributed by atoms with van der Waals surface area (Å²) in [7, 11) is 0. The second kappa shape index (κ2) is 3.88. The predicted molar refractivity (Wildman–Crippen MR) is 48.6 cm³/mol. The standard InChI is InChI=1S/C8H4ClF3N3O2/c9-7-13-5-2-1-4(17-8(10,11)12)3-6(5)15(16)14-7/h1-3H,(H,13,14,16)/q+1. The van der Waals surface area contributed by atoms with Crippen LogP contribution in [-0.2, 0) is 0 Å². The van der Waals surface area contributed by atoms with Gasteiger partial charge in [0.1, 0.15) is 16.1 Å². The van der Waals surface area contributed by atoms with E-state index in [4.69, 9.17) is 11.6 Å². The Hall–Kier alpha value is -1.83. The summed E-state index contributed by atoms with van der Waals surface area (Å²) in [4.78, 5) is 4.04. The van der Waals surface area contributed by atoms with E-state index in [0.29, 0.717) is 4.85 Å². The maximum atomic E-state index is 12.0. The van der Waals surface area contributed by atoms with Crippen LogP contribution in [0.1, 0.15) is 0 Å². The molecule has 0 aliphatic heterocycles. The van der Waals surface area contributed by atoms with Gasteiger partial charge in [-0.2, -0.15) is 0 Å². The van der Waals surface area contributed by atoms with Gasteiger partial charge < -0.3 is 4.74 Å². The van der Waals surface area contributed by atoms with Crippen molar-refractivity contribution in [2.45, 2.75) is 6.36 Å². The van der Waals surface area contributed by atoms with Gasteiger partial charge in [0, 0.05) is 0 Å². The van der Waals surface area contributed by atoms with Gasteiger partial charge in [-0.3, -0.25) is 5.21 Å². The number of ether oxygens (including phenoxy) is 1. The molecule has 2 aromatic rings. The summed E-state index contributed by atoms with van der Waals surface area (Å²) in [6.45, 7) is 0. The summed E-state index contributed by atoms with van der Waals surface area (Å²) in [5, 5.41) is 12.4. The molecule has 0 aliphatic rings. The Morgan fingerprint density at radius 2 is 2.06 bits per heavy atom. The number of nitrogens with zero attached hydrogens (tertiary/aromatic N) is 3. The van der Waals surface area contributed by atoms with Gasteiger partial charge in [0.2, 0.25) is 0 Å². The van der Waals surface area contributed by atoms with Crippen LogP contribution in [0.2, 0.25) is 5.28 Å². The molecular formula is C8H4ClF3N3O2+. The van der Waals surface area contributed by atoms with Crippen LogP contribution in [0.15, 0.2) is 18.2 Å². The number of hydrogen-bond donors (Lipinski definition) is 1. The molecule has 0 fully saturated rings. The molecule has 0 atom stereocenters. The average molecular weight is 267 g/mol. The summed E-state index contributed by atoms with van der Waals surface area (Å²) in [5.41, 5.74) is 0.123. The normalized spacial score (nSPS) is 11.8. The lowest BCUT2D eigenvalue weighted by molar-refractivity contribution is -0.929. The van der Waals surface area contributed by atoms with Crippen molar-refractivity contribution in [1.29, 1.82) is 0 Å². The van der Waals surface area contributed by atoms with Crippen LogP contribution in [0, 0.1) is 0 Å². The number of hydrogen-bond acceptors (Lipinski definition) is 4. The minimum atomic E-state index is -4.80. The SMILES string of the molecule is O[n+]1nc(Cl)nc2ccc(OC(F)(F)F)cc21. The summed E-state index contributed by atoms with van der Waals surface area (Å²) < 4.78 is 39.6. The van der Waals surface area contributed by atoms with Crippen molar-refractivity contribution < 1.29 is 28.0 Å². The highest BCUT2D eigenvalue weighted by molar-refractivity contribution is 6.28. The van der Waals surface area contributed by atoms with Crippen LogP contribution in [-0.4, -0.2) is 21.7 Å². The van der Waals surface area contributed by atoms with E-state index in [9.17, 15) is 18.4 Å². The van der Waals surface area contributed by atoms with Crippen molar-refractivity contribution in [1.82, 2.24) is 10.1 Å². The van der Waals surface area contributed by atoms with Crippen LogP contribution in [0.25, 0.3) is 11.0 Å². The van der Waals surface area contributed by atoms with Crippen molar-refractivity contribution in [3.63, 3.8) is 0 Å². The fraction of sp³-hybridized carbons (Fsp3) is 0.125. The molecule has 0 unspecified atom stereocenters. The maximum Gasteiger partial charge on any atom is 0.573 e. The average Bonchev–Trinajstić information content (AvgIpc) is 2.16. The van der Waals surface area contributed by atoms with E-state index in [1.165, 1.54) is 6.07 Å². The summed E-state index contributed by atoms with van der Waals surface area (Å²) >= 11 is 5.46. The van der Waals surface area contributed by atoms with E-state index in [0.717, 1.165) is 12.1 Å². The van der Waals surface area contributed by atoms with E-state index < -0.39 is 12.1 Å². The molecular weight excluding hydrogens is 263 g/mol. The molecule has 1 aromatic carbocycles. The lowest BCUT2D eigenvalue weighted by atomic mass is 10.3. The zero-order chi connectivity index (χ0) is 12.6. The number of alkyl halides is 3. The topological polar surface area (TPSA) is 59.1 Å². The predicted octanol–water partition coefficient (Wildman–Crippen LogP) is 1.71. The lowest BCUT2D eigenvalue weighted by Gasteiger charge is -2.07. The van der Waals surface area contributed by atoms with E-state index in [1.54, 1.807) is 0 Å². The molecule has 2 rings (SSSR count). The Morgan fingerprint density at radius 3 is 2.71 bits per heavy atom. The number of rotatable bonds is 1. The zero-order valence-corrected chi connectivity index (χ0v) is 8.70. The second-order valence-corrected chi connectivity index (χ2v) is 3.31. The Kier molecular flexibility index (Phi) is 2.66. The van der Waals surface area contributed by atoms with Crippen LogP contribution >= 0.6 is 11.6 Å². The van der Waals surface area contributed by atoms with Gasteiger partial charge in [0.25, 0.3) is 5.28 Å². The van der Waals surface area contributed by atoms with Gasteiger partial charge in [0.15, 0.2) is 0 Å². The molecule has 0 aliphatic carbocycles. The van der Waals surface area contributed by atoms with Crippen molar-refractivity contribution in [2.75, 3.05) is 0 Å². The van der Waals surface area contributed by atoms with Gasteiger partial charge in [-0.1, -0.05) is 0 Å². The molecule has 1 aromatic heterocycles. The monoisotopic (exact) mass is 266 g/mol. The van der Waals surface area contributed by atoms with E-state index in [2.05, 4.69) is 14.8 Å². The van der Waals surface area contributed by atoms with Crippen LogP contribution in [0.5, 0.6) is 5.75 Å². The lowest BCUT2D eigenvalue weighted by Crippen LogP contribution is -2.36. The summed E-state index contributed by atoms with van der Waals surface area (Å²) in [5.74, 6) is -0.487. The molecule has 0 amide bonds. The fourth-order valence-electron chi connectivity index (χ4n) is 1.21. The third-order valence-electron chi connectivity index (χ3n) is 1.79. The van der Waals surface area contributed by atoms with Crippen LogP contribution in [0.4, 0.5) is 13.2 Å². The Balaban J connectivity index is 2.51. The highest BCUT2D eigenvalue weighted by Gasteiger charge is 2.31. The zero-order valence-electron chi connectivity index (χ0n) is 7.94. The Bertz CT molecular complexity index is 576. The molecule has 0 saturated heterocycles. The molecule has 0 spiro atoms. The summed E-state index contributed by atoms with van der Waals surface area (Å²) in [6, 6.07) is 3.22. The van der Waals surface area contributed by atoms with Crippen molar-refractivity contribution in [3.05, 3.63) is 23.5 Å². The highest BCUT2D eigenvalue weighted by atomic mass is 35.5. The first-order chi connectivity index (χ1) is 7.85. The molecule has 9 heteroatoms. The fourth-order valence-corrected chi connectivity index (χ4v) is 1.37. The number of aromatic nitrogens is 3. The highest BCUT2D eigenvalue weighted by Crippen LogP contribution is 2.24. The molecule has 5 nitrogen and oxygen atoms in total. The quantitative estimate of drug-likeness (QED) is 0.630. The third kappa shape index (κ3) is 2.64. The van der Waals surface area contributed by atoms with E-state index in [1.807, 2.05) is 0 Å². The minimum absolute atomic E-state index is 0.0591. The van der Waals surface area contributed by atoms with Crippen molar-refractivity contribution >= 4 is 22.6 Å². The van der Waals surface area contributed by atoms with Gasteiger partial charge in [-0.05, 0) is 23.7 Å². The number of benzene rings is 1. The molecule has 90 valence electrons. The minimum Gasteiger partial charge on any atom is -0.406 e. The van der Waals surface area contributed by atoms with Crippen LogP contribution in [0.3, 0.4) is 0 Å². The van der Waals surface area contributed by atoms with Crippen LogP contribution < -0.4 is 9.58 Å².